The second kappa shape index (κ2) is 15.3. The van der Waals surface area contributed by atoms with Gasteiger partial charge in [-0.05, 0) is 0 Å². The van der Waals surface area contributed by atoms with Crippen molar-refractivity contribution in [3.8, 4) is 0 Å². The van der Waals surface area contributed by atoms with Crippen LogP contribution in [0.5, 0.6) is 0 Å². The summed E-state index contributed by atoms with van der Waals surface area (Å²) >= 11 is -0.722. The van der Waals surface area contributed by atoms with E-state index < -0.39 is 23.2 Å². The molecule has 0 bridgehead atoms. The predicted octanol–water partition coefficient (Wildman–Crippen LogP) is 3.15. The Morgan fingerprint density at radius 2 is 1.00 bits per heavy atom. The molecule has 0 nitrogen and oxygen atoms in total. The summed E-state index contributed by atoms with van der Waals surface area (Å²) in [4.78, 5) is 0. The quantitative estimate of drug-likeness (QED) is 0.333. The summed E-state index contributed by atoms with van der Waals surface area (Å²) < 4.78 is 0.949. The summed E-state index contributed by atoms with van der Waals surface area (Å²) in [6, 6.07) is 0. The second-order valence-corrected chi connectivity index (χ2v) is 13.6. The van der Waals surface area contributed by atoms with Crippen LogP contribution in [0, 0.1) is 0 Å². The maximum atomic E-state index is 2.66. The van der Waals surface area contributed by atoms with Crippen LogP contribution in [0.15, 0.2) is 47.6 Å². The summed E-state index contributed by atoms with van der Waals surface area (Å²) in [6.45, 7) is 9.40. The third-order valence-corrected chi connectivity index (χ3v) is 12.2. The molecular formula is C26H42Cl2Zr. The standard InChI is InChI=1S/2C13H21.2ClH.Zr/c2*1-3-5-8-12-10-7-11-13(12)9-6-4-2;;;/h2*7,10-11H,3-6,8-9H2,1-2H3;2*1H;/q;;;;+2/p-2. The third kappa shape index (κ3) is 7.81. The molecular weight excluding hydrogens is 474 g/mol. The zero-order valence-electron chi connectivity index (χ0n) is 19.2. The van der Waals surface area contributed by atoms with Crippen molar-refractivity contribution in [3.63, 3.8) is 0 Å². The van der Waals surface area contributed by atoms with Gasteiger partial charge in [0.15, 0.2) is 0 Å². The van der Waals surface area contributed by atoms with Gasteiger partial charge in [-0.3, -0.25) is 0 Å². The summed E-state index contributed by atoms with van der Waals surface area (Å²) in [6.07, 6.45) is 31.4. The van der Waals surface area contributed by atoms with Gasteiger partial charge in [-0.2, -0.15) is 0 Å². The van der Waals surface area contributed by atoms with Crippen LogP contribution in [0.1, 0.15) is 105 Å². The monoisotopic (exact) mass is 514 g/mol. The average Bonchev–Trinajstić information content (AvgIpc) is 3.26. The maximum absolute atomic E-state index is 2.66. The molecule has 2 atom stereocenters. The third-order valence-electron chi connectivity index (χ3n) is 6.40. The SMILES string of the molecule is CCCCC1=CC=C[C]1(CCCC)[Zr+2][C]1(CCCC)C=CC=C1CCCC.[Cl-].[Cl-]. The molecule has 0 fully saturated rings. The van der Waals surface area contributed by atoms with Crippen LogP contribution in [0.25, 0.3) is 0 Å². The fraction of sp³-hybridized carbons (Fsp3) is 0.692. The van der Waals surface area contributed by atoms with E-state index in [1.165, 1.54) is 77.0 Å². The zero-order valence-corrected chi connectivity index (χ0v) is 23.2. The van der Waals surface area contributed by atoms with Crippen molar-refractivity contribution in [2.75, 3.05) is 0 Å². The van der Waals surface area contributed by atoms with Crippen LogP contribution in [0.4, 0.5) is 0 Å². The molecule has 0 aliphatic heterocycles. The van der Waals surface area contributed by atoms with Crippen LogP contribution >= 0.6 is 0 Å². The predicted molar refractivity (Wildman–Crippen MR) is 118 cm³/mol. The van der Waals surface area contributed by atoms with E-state index in [1.807, 2.05) is 0 Å². The smallest absolute Gasteiger partial charge is 1.00 e. The summed E-state index contributed by atoms with van der Waals surface area (Å²) in [5.74, 6) is 0. The van der Waals surface area contributed by atoms with E-state index in [0.29, 0.717) is 6.25 Å². The summed E-state index contributed by atoms with van der Waals surface area (Å²) in [7, 11) is 0. The molecule has 2 aliphatic rings. The maximum Gasteiger partial charge on any atom is -1.00 e. The van der Waals surface area contributed by atoms with Gasteiger partial charge in [-0.15, -0.1) is 0 Å². The van der Waals surface area contributed by atoms with Gasteiger partial charge in [0.2, 0.25) is 0 Å². The number of allylic oxidation sites excluding steroid dienone is 8. The van der Waals surface area contributed by atoms with Gasteiger partial charge >= 0.3 is 182 Å². The minimum absolute atomic E-state index is 0. The molecule has 0 spiro atoms. The first-order valence-corrected chi connectivity index (χ1v) is 14.2. The molecule has 0 aromatic rings. The van der Waals surface area contributed by atoms with Crippen molar-refractivity contribution in [2.45, 2.75) is 111 Å². The number of halogens is 2. The van der Waals surface area contributed by atoms with Gasteiger partial charge in [0.1, 0.15) is 0 Å². The van der Waals surface area contributed by atoms with Crippen molar-refractivity contribution in [2.24, 2.45) is 0 Å². The molecule has 2 rings (SSSR count). The zero-order chi connectivity index (χ0) is 19.6. The Hall–Kier alpha value is 0.423. The van der Waals surface area contributed by atoms with Crippen LogP contribution in [-0.2, 0) is 23.2 Å². The molecule has 164 valence electrons. The largest absolute Gasteiger partial charge is 1.00 e. The molecule has 0 radical (unpaired) electrons. The fourth-order valence-corrected chi connectivity index (χ4v) is 10.8. The molecule has 0 heterocycles. The van der Waals surface area contributed by atoms with E-state index in [0.717, 1.165) is 0 Å². The van der Waals surface area contributed by atoms with Crippen molar-refractivity contribution in [1.29, 1.82) is 0 Å². The first-order chi connectivity index (χ1) is 13.2. The molecule has 0 aromatic heterocycles. The fourth-order valence-electron chi connectivity index (χ4n) is 4.68. The Morgan fingerprint density at radius 3 is 1.34 bits per heavy atom. The van der Waals surface area contributed by atoms with Gasteiger partial charge in [0.05, 0.1) is 0 Å². The molecule has 0 aromatic carbocycles. The van der Waals surface area contributed by atoms with Crippen molar-refractivity contribution < 1.29 is 48.0 Å². The van der Waals surface area contributed by atoms with Crippen LogP contribution < -0.4 is 24.8 Å². The van der Waals surface area contributed by atoms with E-state index in [2.05, 4.69) is 64.2 Å². The Labute approximate surface area is 205 Å². The topological polar surface area (TPSA) is 0 Å². The molecule has 3 heteroatoms. The van der Waals surface area contributed by atoms with Crippen LogP contribution in [0.2, 0.25) is 6.25 Å². The van der Waals surface area contributed by atoms with Gasteiger partial charge in [-0.25, -0.2) is 0 Å². The molecule has 0 saturated heterocycles. The van der Waals surface area contributed by atoms with E-state index in [4.69, 9.17) is 0 Å². The molecule has 0 saturated carbocycles. The molecule has 2 aliphatic carbocycles. The Kier molecular flexibility index (Phi) is 15.5. The first-order valence-electron chi connectivity index (χ1n) is 11.7. The van der Waals surface area contributed by atoms with Crippen molar-refractivity contribution >= 4 is 0 Å². The first kappa shape index (κ1) is 29.4. The van der Waals surface area contributed by atoms with Crippen molar-refractivity contribution in [3.05, 3.63) is 47.6 Å². The van der Waals surface area contributed by atoms with Gasteiger partial charge < -0.3 is 24.8 Å². The van der Waals surface area contributed by atoms with Crippen LogP contribution in [-0.4, -0.2) is 0 Å². The number of hydrogen-bond acceptors (Lipinski definition) is 0. The normalized spacial score (nSPS) is 24.6. The van der Waals surface area contributed by atoms with E-state index >= 15 is 0 Å². The number of rotatable bonds is 14. The Morgan fingerprint density at radius 1 is 0.621 bits per heavy atom. The average molecular weight is 517 g/mol. The van der Waals surface area contributed by atoms with E-state index in [1.54, 1.807) is 11.1 Å². The Balaban J connectivity index is 0.00000392. The summed E-state index contributed by atoms with van der Waals surface area (Å²) in [5.41, 5.74) is 3.60. The minimum atomic E-state index is -0.722. The molecule has 0 amide bonds. The minimum Gasteiger partial charge on any atom is -1.00 e. The number of unbranched alkanes of at least 4 members (excludes halogenated alkanes) is 4. The molecule has 0 N–H and O–H groups in total. The second-order valence-electron chi connectivity index (χ2n) is 8.58. The van der Waals surface area contributed by atoms with E-state index in [9.17, 15) is 0 Å². The van der Waals surface area contributed by atoms with Gasteiger partial charge in [0.25, 0.3) is 0 Å². The van der Waals surface area contributed by atoms with Gasteiger partial charge in [-0.1, -0.05) is 0 Å². The van der Waals surface area contributed by atoms with E-state index in [-0.39, 0.29) is 24.8 Å². The Bertz CT molecular complexity index is 525. The van der Waals surface area contributed by atoms with Crippen molar-refractivity contribution in [1.82, 2.24) is 0 Å². The molecule has 29 heavy (non-hydrogen) atoms. The van der Waals surface area contributed by atoms with Crippen LogP contribution in [0.3, 0.4) is 0 Å². The van der Waals surface area contributed by atoms with Gasteiger partial charge in [0, 0.05) is 0 Å². The summed E-state index contributed by atoms with van der Waals surface area (Å²) in [5, 5.41) is 0. The number of hydrogen-bond donors (Lipinski definition) is 0. The molecule has 2 unspecified atom stereocenters.